The predicted molar refractivity (Wildman–Crippen MR) is 223 cm³/mol. The van der Waals surface area contributed by atoms with Gasteiger partial charge >= 0.3 is 5.97 Å². The van der Waals surface area contributed by atoms with Crippen molar-refractivity contribution in [3.63, 3.8) is 0 Å². The number of esters is 1. The van der Waals surface area contributed by atoms with Gasteiger partial charge in [0.25, 0.3) is 5.91 Å². The van der Waals surface area contributed by atoms with Gasteiger partial charge in [0.1, 0.15) is 24.0 Å². The number of nitrogens with one attached hydrogen (secondary N) is 1. The topological polar surface area (TPSA) is 102 Å². The van der Waals surface area contributed by atoms with Crippen molar-refractivity contribution in [1.29, 1.82) is 0 Å². The van der Waals surface area contributed by atoms with Crippen LogP contribution in [0, 0.1) is 29.1 Å². The number of hydrogen-bond acceptors (Lipinski definition) is 8. The van der Waals surface area contributed by atoms with Crippen LogP contribution in [0.15, 0.2) is 140 Å². The summed E-state index contributed by atoms with van der Waals surface area (Å²) in [7, 11) is 0.202. The van der Waals surface area contributed by atoms with Crippen LogP contribution in [0.2, 0.25) is 0 Å². The average molecular weight is 884 g/mol. The first-order valence-corrected chi connectivity index (χ1v) is 21.2. The average Bonchev–Trinajstić information content (AvgIpc) is 3.33. The third-order valence-electron chi connectivity index (χ3n) is 10.6. The van der Waals surface area contributed by atoms with Gasteiger partial charge in [0, 0.05) is 16.7 Å². The molecule has 0 aromatic heterocycles. The molecule has 0 radical (unpaired) electrons. The molecule has 1 amide bonds. The van der Waals surface area contributed by atoms with Crippen LogP contribution in [0.5, 0.6) is 5.75 Å². The molecule has 9 nitrogen and oxygen atoms in total. The lowest BCUT2D eigenvalue weighted by Gasteiger charge is -2.49. The molecule has 1 N–H and O–H groups in total. The second kappa shape index (κ2) is 19.6. The van der Waals surface area contributed by atoms with Crippen molar-refractivity contribution in [1.82, 2.24) is 5.32 Å². The summed E-state index contributed by atoms with van der Waals surface area (Å²) >= 11 is 0. The number of rotatable bonds is 13. The summed E-state index contributed by atoms with van der Waals surface area (Å²) in [6, 6.07) is 40.8. The molecule has 0 saturated carbocycles. The Bertz CT molecular complexity index is 2470. The quantitative estimate of drug-likeness (QED) is 0.0420. The van der Waals surface area contributed by atoms with Gasteiger partial charge in [-0.25, -0.2) is 22.0 Å². The number of fused-ring (bicyclic) bond motifs is 1. The highest BCUT2D eigenvalue weighted by Crippen LogP contribution is 2.38. The van der Waals surface area contributed by atoms with E-state index < -0.39 is 97.8 Å². The van der Waals surface area contributed by atoms with Crippen LogP contribution in [0.25, 0.3) is 0 Å². The van der Waals surface area contributed by atoms with Crippen LogP contribution in [0.3, 0.4) is 0 Å². The molecule has 0 bridgehead atoms. The fraction of sp³-hybridized carbons (Fsp3) is 0.208. The van der Waals surface area contributed by atoms with E-state index in [1.807, 2.05) is 78.9 Å². The number of halogens is 5. The first-order valence-electron chi connectivity index (χ1n) is 19.8. The lowest BCUT2D eigenvalue weighted by atomic mass is 9.94. The third kappa shape index (κ3) is 9.51. The Kier molecular flexibility index (Phi) is 13.6. The Morgan fingerprint density at radius 3 is 1.89 bits per heavy atom. The van der Waals surface area contributed by atoms with E-state index >= 15 is 0 Å². The summed E-state index contributed by atoms with van der Waals surface area (Å²) in [6.07, 6.45) is -7.62. The van der Waals surface area contributed by atoms with Crippen LogP contribution in [0.4, 0.5) is 22.0 Å². The van der Waals surface area contributed by atoms with Crippen LogP contribution < -0.4 is 26.0 Å². The van der Waals surface area contributed by atoms with E-state index in [0.717, 1.165) is 16.2 Å². The molecule has 0 aliphatic carbocycles. The maximum absolute atomic E-state index is 14.9. The van der Waals surface area contributed by atoms with Crippen LogP contribution in [0.1, 0.15) is 33.3 Å². The first kappa shape index (κ1) is 43.6. The number of carbonyl (C=O) groups excluding carboxylic acids is 2. The van der Waals surface area contributed by atoms with Gasteiger partial charge in [0.05, 0.1) is 26.7 Å². The zero-order valence-corrected chi connectivity index (χ0v) is 34.4. The minimum absolute atomic E-state index is 0.0411. The van der Waals surface area contributed by atoms with E-state index in [0.29, 0.717) is 16.6 Å². The molecule has 0 unspecified atom stereocenters. The number of methoxy groups -OCH3 is 1. The van der Waals surface area contributed by atoms with Crippen molar-refractivity contribution < 1.29 is 60.0 Å². The molecule has 2 aliphatic heterocycles. The van der Waals surface area contributed by atoms with Gasteiger partial charge in [-0.15, -0.1) is 0 Å². The summed E-state index contributed by atoms with van der Waals surface area (Å²) in [5.74, 6) is -12.6. The molecule has 8 rings (SSSR count). The summed E-state index contributed by atoms with van der Waals surface area (Å²) in [5.41, 5.74) is 0.139. The predicted octanol–water partition coefficient (Wildman–Crippen LogP) is 7.46. The van der Waals surface area contributed by atoms with Crippen molar-refractivity contribution in [2.75, 3.05) is 13.7 Å². The maximum Gasteiger partial charge on any atom is 0.310 e. The first-order chi connectivity index (χ1) is 30.6. The second-order valence-corrected chi connectivity index (χ2v) is 16.8. The van der Waals surface area contributed by atoms with Crippen molar-refractivity contribution in [3.8, 4) is 5.75 Å². The molecule has 324 valence electrons. The van der Waals surface area contributed by atoms with E-state index in [1.54, 1.807) is 60.7 Å². The molecule has 6 aromatic rings. The minimum atomic E-state index is -2.38. The van der Waals surface area contributed by atoms with Gasteiger partial charge in [-0.3, -0.25) is 9.59 Å². The number of amides is 1. The second-order valence-electron chi connectivity index (χ2n) is 14.6. The zero-order valence-electron chi connectivity index (χ0n) is 33.5. The molecule has 2 heterocycles. The van der Waals surface area contributed by atoms with Crippen LogP contribution >= 0.6 is 7.92 Å². The standard InChI is InChI=1S/C48H39F5NO8P/c1-57-30-23-21-29(22-24-30)47-59-27-35-44(62-47)45(61-37(55)25-34-38(49)40(51)42(53)41(52)39(34)50)43(48(60-35)58-26-28-13-5-2-6-14-28)54-46(56)33-19-11-12-20-36(33)63(31-15-7-3-8-16-31)32-17-9-4-10-18-32/h2-24,35,43-45,47-48H,25-27H2,1H3,(H,54,56)/t35-,43-,44-,45-,47-,48+/m1/s1. The molecule has 2 fully saturated rings. The Balaban J connectivity index is 1.19. The normalized spacial score (nSPS) is 20.7. The number of ether oxygens (including phenoxy) is 6. The Hall–Kier alpha value is -6.02. The third-order valence-corrected chi connectivity index (χ3v) is 13.1. The van der Waals surface area contributed by atoms with Gasteiger partial charge in [-0.1, -0.05) is 121 Å². The largest absolute Gasteiger partial charge is 0.497 e. The number of benzene rings is 6. The molecule has 0 spiro atoms. The van der Waals surface area contributed by atoms with E-state index in [2.05, 4.69) is 5.32 Å². The fourth-order valence-corrected chi connectivity index (χ4v) is 9.95. The van der Waals surface area contributed by atoms with Gasteiger partial charge in [0.2, 0.25) is 5.82 Å². The van der Waals surface area contributed by atoms with Crippen LogP contribution in [-0.4, -0.2) is 56.2 Å². The molecule has 15 heteroatoms. The lowest BCUT2D eigenvalue weighted by molar-refractivity contribution is -0.346. The van der Waals surface area contributed by atoms with E-state index in [1.165, 1.54) is 7.11 Å². The highest BCUT2D eigenvalue weighted by atomic mass is 31.1. The smallest absolute Gasteiger partial charge is 0.310 e. The number of carbonyl (C=O) groups is 2. The zero-order chi connectivity index (χ0) is 44.0. The number of hydrogen-bond donors (Lipinski definition) is 1. The summed E-state index contributed by atoms with van der Waals surface area (Å²) in [5, 5.41) is 5.60. The highest BCUT2D eigenvalue weighted by Gasteiger charge is 2.53. The van der Waals surface area contributed by atoms with E-state index in [9.17, 15) is 31.5 Å². The van der Waals surface area contributed by atoms with Gasteiger partial charge in [-0.2, -0.15) is 0 Å². The molecule has 6 atom stereocenters. The van der Waals surface area contributed by atoms with Gasteiger partial charge in [0.15, 0.2) is 42.0 Å². The Morgan fingerprint density at radius 2 is 1.27 bits per heavy atom. The fourth-order valence-electron chi connectivity index (χ4n) is 7.50. The molecule has 6 aromatic carbocycles. The molecule has 2 saturated heterocycles. The molecule has 63 heavy (non-hydrogen) atoms. The Labute approximate surface area is 360 Å². The summed E-state index contributed by atoms with van der Waals surface area (Å²) < 4.78 is 109. The van der Waals surface area contributed by atoms with E-state index in [-0.39, 0.29) is 18.8 Å². The molecule has 2 aliphatic rings. The van der Waals surface area contributed by atoms with Gasteiger partial charge < -0.3 is 33.7 Å². The SMILES string of the molecule is COc1ccc([C@@H]2OC[C@H]3O[C@H](OCc4ccccc4)[C@H](NC(=O)c4ccccc4P(c4ccccc4)c4ccccc4)[C@@H](OC(=O)Cc4c(F)c(F)c(F)c(F)c4F)[C@@H]3O2)cc1. The van der Waals surface area contributed by atoms with Crippen molar-refractivity contribution in [2.45, 2.75) is 50.0 Å². The summed E-state index contributed by atoms with van der Waals surface area (Å²) in [4.78, 5) is 28.7. The molecular formula is C48H39F5NO8P. The maximum atomic E-state index is 14.9. The monoisotopic (exact) mass is 883 g/mol. The van der Waals surface area contributed by atoms with Crippen LogP contribution in [-0.2, 0) is 41.5 Å². The summed E-state index contributed by atoms with van der Waals surface area (Å²) in [6.45, 7) is -0.180. The van der Waals surface area contributed by atoms with Crippen molar-refractivity contribution in [3.05, 3.63) is 191 Å². The molecular weight excluding hydrogens is 844 g/mol. The lowest BCUT2D eigenvalue weighted by Crippen LogP contribution is -2.68. The van der Waals surface area contributed by atoms with Crippen molar-refractivity contribution >= 4 is 35.7 Å². The van der Waals surface area contributed by atoms with E-state index in [4.69, 9.17) is 28.4 Å². The Morgan fingerprint density at radius 1 is 0.698 bits per heavy atom. The minimum Gasteiger partial charge on any atom is -0.497 e. The highest BCUT2D eigenvalue weighted by molar-refractivity contribution is 7.80. The van der Waals surface area contributed by atoms with Crippen molar-refractivity contribution in [2.24, 2.45) is 0 Å². The van der Waals surface area contributed by atoms with Gasteiger partial charge in [-0.05, 0) is 47.6 Å².